The third-order valence-electron chi connectivity index (χ3n) is 4.02. The van der Waals surface area contributed by atoms with E-state index in [1.54, 1.807) is 7.11 Å². The number of imidazole rings is 1. The van der Waals surface area contributed by atoms with Crippen LogP contribution in [0.4, 0.5) is 0 Å². The zero-order chi connectivity index (χ0) is 14.1. The molecule has 2 aromatic rings. The molecule has 1 aromatic heterocycles. The van der Waals surface area contributed by atoms with Crippen LogP contribution in [0.3, 0.4) is 0 Å². The minimum atomic E-state index is 0.263. The van der Waals surface area contributed by atoms with E-state index in [4.69, 9.17) is 4.74 Å². The Labute approximate surface area is 119 Å². The van der Waals surface area contributed by atoms with Gasteiger partial charge >= 0.3 is 0 Å². The van der Waals surface area contributed by atoms with Gasteiger partial charge in [-0.3, -0.25) is 0 Å². The molecule has 4 nitrogen and oxygen atoms in total. The van der Waals surface area contributed by atoms with Gasteiger partial charge in [0.25, 0.3) is 0 Å². The highest BCUT2D eigenvalue weighted by atomic mass is 16.5. The van der Waals surface area contributed by atoms with Gasteiger partial charge < -0.3 is 15.0 Å². The van der Waals surface area contributed by atoms with Crippen molar-refractivity contribution in [3.8, 4) is 11.3 Å². The molecule has 0 amide bonds. The number of hydrogen-bond donors (Lipinski definition) is 2. The molecule has 1 fully saturated rings. The number of H-pyrrole nitrogens is 1. The summed E-state index contributed by atoms with van der Waals surface area (Å²) in [4.78, 5) is 7.98. The van der Waals surface area contributed by atoms with Gasteiger partial charge in [0, 0.05) is 19.2 Å². The van der Waals surface area contributed by atoms with Crippen LogP contribution >= 0.6 is 0 Å². The topological polar surface area (TPSA) is 49.9 Å². The maximum Gasteiger partial charge on any atom is 0.123 e. The molecule has 1 aliphatic rings. The van der Waals surface area contributed by atoms with E-state index >= 15 is 0 Å². The van der Waals surface area contributed by atoms with E-state index in [-0.39, 0.29) is 12.1 Å². The van der Waals surface area contributed by atoms with Gasteiger partial charge in [-0.1, -0.05) is 23.8 Å². The third kappa shape index (κ3) is 2.49. The SMILES string of the molecule is COC1CNC(c2ncc(-c3ccc(C)cc3C)[nH]2)C1. The summed E-state index contributed by atoms with van der Waals surface area (Å²) < 4.78 is 5.38. The first-order chi connectivity index (χ1) is 9.67. The summed E-state index contributed by atoms with van der Waals surface area (Å²) in [5.74, 6) is 1.000. The molecular weight excluding hydrogens is 250 g/mol. The van der Waals surface area contributed by atoms with E-state index in [0.29, 0.717) is 0 Å². The predicted octanol–water partition coefficient (Wildman–Crippen LogP) is 2.74. The highest BCUT2D eigenvalue weighted by Gasteiger charge is 2.27. The van der Waals surface area contributed by atoms with Crippen molar-refractivity contribution in [2.45, 2.75) is 32.4 Å². The number of nitrogens with zero attached hydrogens (tertiary/aromatic N) is 1. The average Bonchev–Trinajstić information content (AvgIpc) is 3.07. The van der Waals surface area contributed by atoms with Crippen LogP contribution in [0.5, 0.6) is 0 Å². The van der Waals surface area contributed by atoms with Crippen molar-refractivity contribution >= 4 is 0 Å². The Kier molecular flexibility index (Phi) is 3.59. The second kappa shape index (κ2) is 5.38. The van der Waals surface area contributed by atoms with E-state index in [1.165, 1.54) is 16.7 Å². The summed E-state index contributed by atoms with van der Waals surface area (Å²) in [5, 5.41) is 3.44. The molecule has 1 aliphatic heterocycles. The van der Waals surface area contributed by atoms with E-state index < -0.39 is 0 Å². The van der Waals surface area contributed by atoms with Crippen LogP contribution in [0.1, 0.15) is 29.4 Å². The molecule has 3 rings (SSSR count). The molecule has 2 heterocycles. The monoisotopic (exact) mass is 271 g/mol. The van der Waals surface area contributed by atoms with Gasteiger partial charge in [0.05, 0.1) is 24.0 Å². The molecule has 1 aromatic carbocycles. The van der Waals surface area contributed by atoms with Crippen LogP contribution in [-0.2, 0) is 4.74 Å². The van der Waals surface area contributed by atoms with Gasteiger partial charge in [0.15, 0.2) is 0 Å². The lowest BCUT2D eigenvalue weighted by molar-refractivity contribution is 0.117. The lowest BCUT2D eigenvalue weighted by Gasteiger charge is -2.07. The zero-order valence-electron chi connectivity index (χ0n) is 12.2. The van der Waals surface area contributed by atoms with Gasteiger partial charge in [0.2, 0.25) is 0 Å². The normalized spacial score (nSPS) is 22.4. The van der Waals surface area contributed by atoms with Crippen molar-refractivity contribution < 1.29 is 4.74 Å². The number of aromatic nitrogens is 2. The summed E-state index contributed by atoms with van der Waals surface area (Å²) in [6.45, 7) is 5.14. The highest BCUT2D eigenvalue weighted by Crippen LogP contribution is 2.27. The van der Waals surface area contributed by atoms with E-state index in [9.17, 15) is 0 Å². The first kappa shape index (κ1) is 13.3. The quantitative estimate of drug-likeness (QED) is 0.902. The number of rotatable bonds is 3. The van der Waals surface area contributed by atoms with Crippen LogP contribution in [-0.4, -0.2) is 29.7 Å². The number of nitrogens with one attached hydrogen (secondary N) is 2. The fraction of sp³-hybridized carbons (Fsp3) is 0.438. The van der Waals surface area contributed by atoms with Crippen LogP contribution < -0.4 is 5.32 Å². The zero-order valence-corrected chi connectivity index (χ0v) is 12.2. The Morgan fingerprint density at radius 2 is 2.15 bits per heavy atom. The Bertz CT molecular complexity index is 606. The standard InChI is InChI=1S/C16H21N3O/c1-10-4-5-13(11(2)6-10)15-9-18-16(19-15)14-7-12(20-3)8-17-14/h4-6,9,12,14,17H,7-8H2,1-3H3,(H,18,19). The largest absolute Gasteiger partial charge is 0.380 e. The van der Waals surface area contributed by atoms with Gasteiger partial charge in [-0.15, -0.1) is 0 Å². The highest BCUT2D eigenvalue weighted by molar-refractivity contribution is 5.63. The fourth-order valence-corrected chi connectivity index (χ4v) is 2.86. The second-order valence-electron chi connectivity index (χ2n) is 5.55. The molecular formula is C16H21N3O. The molecule has 20 heavy (non-hydrogen) atoms. The molecule has 0 radical (unpaired) electrons. The number of ether oxygens (including phenoxy) is 1. The van der Waals surface area contributed by atoms with Crippen molar-refractivity contribution in [1.82, 2.24) is 15.3 Å². The Morgan fingerprint density at radius 1 is 1.30 bits per heavy atom. The van der Waals surface area contributed by atoms with Crippen LogP contribution in [0, 0.1) is 13.8 Å². The molecule has 0 spiro atoms. The molecule has 0 bridgehead atoms. The minimum absolute atomic E-state index is 0.263. The van der Waals surface area contributed by atoms with Gasteiger partial charge in [-0.05, 0) is 25.8 Å². The van der Waals surface area contributed by atoms with Gasteiger partial charge in [-0.2, -0.15) is 0 Å². The lowest BCUT2D eigenvalue weighted by Crippen LogP contribution is -2.16. The van der Waals surface area contributed by atoms with Crippen molar-refractivity contribution in [3.63, 3.8) is 0 Å². The summed E-state index contributed by atoms with van der Waals surface area (Å²) >= 11 is 0. The third-order valence-corrected chi connectivity index (χ3v) is 4.02. The van der Waals surface area contributed by atoms with E-state index in [0.717, 1.165) is 24.5 Å². The summed E-state index contributed by atoms with van der Waals surface area (Å²) in [6, 6.07) is 6.75. The number of aromatic amines is 1. The second-order valence-corrected chi connectivity index (χ2v) is 5.55. The first-order valence-electron chi connectivity index (χ1n) is 7.06. The maximum atomic E-state index is 5.38. The summed E-state index contributed by atoms with van der Waals surface area (Å²) in [6.07, 6.45) is 3.18. The first-order valence-corrected chi connectivity index (χ1v) is 7.06. The smallest absolute Gasteiger partial charge is 0.123 e. The van der Waals surface area contributed by atoms with Crippen molar-refractivity contribution in [2.24, 2.45) is 0 Å². The van der Waals surface area contributed by atoms with Crippen LogP contribution in [0.2, 0.25) is 0 Å². The van der Waals surface area contributed by atoms with Gasteiger partial charge in [-0.25, -0.2) is 4.98 Å². The Hall–Kier alpha value is -1.65. The molecule has 0 aliphatic carbocycles. The lowest BCUT2D eigenvalue weighted by atomic mass is 10.0. The molecule has 2 atom stereocenters. The Morgan fingerprint density at radius 3 is 2.85 bits per heavy atom. The molecule has 0 saturated carbocycles. The molecule has 1 saturated heterocycles. The average molecular weight is 271 g/mol. The molecule has 4 heteroatoms. The fourth-order valence-electron chi connectivity index (χ4n) is 2.86. The Balaban J connectivity index is 1.83. The number of aryl methyl sites for hydroxylation is 2. The minimum Gasteiger partial charge on any atom is -0.380 e. The molecule has 2 unspecified atom stereocenters. The number of benzene rings is 1. The summed E-state index contributed by atoms with van der Waals surface area (Å²) in [7, 11) is 1.76. The van der Waals surface area contributed by atoms with Crippen molar-refractivity contribution in [2.75, 3.05) is 13.7 Å². The van der Waals surface area contributed by atoms with E-state index in [2.05, 4.69) is 47.3 Å². The van der Waals surface area contributed by atoms with Crippen LogP contribution in [0.25, 0.3) is 11.3 Å². The molecule has 2 N–H and O–H groups in total. The number of hydrogen-bond acceptors (Lipinski definition) is 3. The van der Waals surface area contributed by atoms with Crippen LogP contribution in [0.15, 0.2) is 24.4 Å². The summed E-state index contributed by atoms with van der Waals surface area (Å²) in [5.41, 5.74) is 4.86. The van der Waals surface area contributed by atoms with Gasteiger partial charge in [0.1, 0.15) is 5.82 Å². The van der Waals surface area contributed by atoms with Crippen molar-refractivity contribution in [1.29, 1.82) is 0 Å². The molecule has 106 valence electrons. The predicted molar refractivity (Wildman–Crippen MR) is 79.7 cm³/mol. The van der Waals surface area contributed by atoms with Crippen molar-refractivity contribution in [3.05, 3.63) is 41.3 Å². The van der Waals surface area contributed by atoms with E-state index in [1.807, 2.05) is 6.20 Å². The number of methoxy groups -OCH3 is 1. The maximum absolute atomic E-state index is 5.38.